The van der Waals surface area contributed by atoms with Gasteiger partial charge in [0.1, 0.15) is 5.82 Å². The molecule has 1 aromatic heterocycles. The minimum absolute atomic E-state index is 0.0966. The molecule has 1 fully saturated rings. The summed E-state index contributed by atoms with van der Waals surface area (Å²) in [6.45, 7) is 3.06. The minimum atomic E-state index is -0.141. The third kappa shape index (κ3) is 4.42. The molecule has 1 aromatic carbocycles. The molecule has 1 atom stereocenters. The molecular formula is C18H22N4O2S. The molecule has 1 saturated heterocycles. The Morgan fingerprint density at radius 1 is 1.36 bits per heavy atom. The van der Waals surface area contributed by atoms with Crippen molar-refractivity contribution in [2.75, 3.05) is 24.7 Å². The number of urea groups is 1. The molecule has 0 bridgehead atoms. The molecule has 0 spiro atoms. The van der Waals surface area contributed by atoms with Crippen molar-refractivity contribution in [2.45, 2.75) is 30.6 Å². The predicted octanol–water partition coefficient (Wildman–Crippen LogP) is 3.21. The second-order valence-electron chi connectivity index (χ2n) is 6.20. The lowest BCUT2D eigenvalue weighted by Gasteiger charge is -2.32. The zero-order valence-electron chi connectivity index (χ0n) is 14.4. The van der Waals surface area contributed by atoms with Crippen molar-refractivity contribution >= 4 is 23.5 Å². The average Bonchev–Trinajstić information content (AvgIpc) is 2.61. The lowest BCUT2D eigenvalue weighted by Crippen LogP contribution is -2.42. The van der Waals surface area contributed by atoms with E-state index in [1.807, 2.05) is 30.5 Å². The number of carbonyl (C=O) groups excluding carboxylic acids is 1. The van der Waals surface area contributed by atoms with Gasteiger partial charge in [-0.2, -0.15) is 0 Å². The van der Waals surface area contributed by atoms with Gasteiger partial charge < -0.3 is 15.2 Å². The summed E-state index contributed by atoms with van der Waals surface area (Å²) in [6.07, 6.45) is 3.85. The van der Waals surface area contributed by atoms with Gasteiger partial charge in [0.15, 0.2) is 0 Å². The van der Waals surface area contributed by atoms with Gasteiger partial charge in [-0.05, 0) is 50.3 Å². The van der Waals surface area contributed by atoms with Crippen molar-refractivity contribution in [3.8, 4) is 0 Å². The molecule has 2 amide bonds. The van der Waals surface area contributed by atoms with Crippen molar-refractivity contribution in [3.05, 3.63) is 52.2 Å². The third-order valence-electron chi connectivity index (χ3n) is 4.35. The number of thioether (sulfide) groups is 1. The highest BCUT2D eigenvalue weighted by Crippen LogP contribution is 2.25. The molecular weight excluding hydrogens is 336 g/mol. The largest absolute Gasteiger partial charge is 0.324 e. The van der Waals surface area contributed by atoms with E-state index >= 15 is 0 Å². The SMILES string of the molecule is CSc1ccc(NC(=O)N2CCC[C@H](c3cc(=O)[nH]c(C)n3)C2)cc1. The smallest absolute Gasteiger partial charge is 0.321 e. The fourth-order valence-corrected chi connectivity index (χ4v) is 3.50. The molecule has 7 heteroatoms. The predicted molar refractivity (Wildman–Crippen MR) is 100 cm³/mol. The van der Waals surface area contributed by atoms with Crippen LogP contribution in [0.3, 0.4) is 0 Å². The number of hydrogen-bond acceptors (Lipinski definition) is 4. The van der Waals surface area contributed by atoms with Crippen LogP contribution >= 0.6 is 11.8 Å². The van der Waals surface area contributed by atoms with E-state index in [1.54, 1.807) is 29.7 Å². The number of piperidine rings is 1. The highest BCUT2D eigenvalue weighted by atomic mass is 32.2. The van der Waals surface area contributed by atoms with Gasteiger partial charge in [-0.3, -0.25) is 4.79 Å². The number of H-pyrrole nitrogens is 1. The Morgan fingerprint density at radius 3 is 2.80 bits per heavy atom. The Balaban J connectivity index is 1.67. The van der Waals surface area contributed by atoms with Gasteiger partial charge in [-0.15, -0.1) is 11.8 Å². The normalized spacial score (nSPS) is 17.4. The molecule has 6 nitrogen and oxygen atoms in total. The van der Waals surface area contributed by atoms with E-state index in [4.69, 9.17) is 0 Å². The number of nitrogens with zero attached hydrogens (tertiary/aromatic N) is 2. The number of carbonyl (C=O) groups is 1. The second-order valence-corrected chi connectivity index (χ2v) is 7.08. The first-order valence-corrected chi connectivity index (χ1v) is 9.55. The summed E-state index contributed by atoms with van der Waals surface area (Å²) in [4.78, 5) is 34.3. The number of aromatic nitrogens is 2. The highest BCUT2D eigenvalue weighted by molar-refractivity contribution is 7.98. The van der Waals surface area contributed by atoms with Gasteiger partial charge in [-0.25, -0.2) is 9.78 Å². The molecule has 0 unspecified atom stereocenters. The lowest BCUT2D eigenvalue weighted by atomic mass is 9.94. The van der Waals surface area contributed by atoms with E-state index in [0.717, 1.165) is 29.1 Å². The summed E-state index contributed by atoms with van der Waals surface area (Å²) in [5.41, 5.74) is 1.41. The van der Waals surface area contributed by atoms with Crippen molar-refractivity contribution in [1.82, 2.24) is 14.9 Å². The van der Waals surface area contributed by atoms with E-state index in [-0.39, 0.29) is 17.5 Å². The summed E-state index contributed by atoms with van der Waals surface area (Å²) < 4.78 is 0. The quantitative estimate of drug-likeness (QED) is 0.826. The number of aromatic amines is 1. The third-order valence-corrected chi connectivity index (χ3v) is 5.09. The monoisotopic (exact) mass is 358 g/mol. The van der Waals surface area contributed by atoms with E-state index in [1.165, 1.54) is 0 Å². The molecule has 2 aromatic rings. The first-order chi connectivity index (χ1) is 12.0. The van der Waals surface area contributed by atoms with Gasteiger partial charge >= 0.3 is 6.03 Å². The number of rotatable bonds is 3. The fourth-order valence-electron chi connectivity index (χ4n) is 3.09. The van der Waals surface area contributed by atoms with Crippen molar-refractivity contribution in [1.29, 1.82) is 0 Å². The molecule has 2 N–H and O–H groups in total. The van der Waals surface area contributed by atoms with Crippen LogP contribution in [-0.4, -0.2) is 40.2 Å². The number of anilines is 1. The Hall–Kier alpha value is -2.28. The summed E-state index contributed by atoms with van der Waals surface area (Å²) in [6, 6.07) is 9.23. The fraction of sp³-hybridized carbons (Fsp3) is 0.389. The minimum Gasteiger partial charge on any atom is -0.324 e. The number of nitrogens with one attached hydrogen (secondary N) is 2. The van der Waals surface area contributed by atoms with E-state index in [2.05, 4.69) is 15.3 Å². The van der Waals surface area contributed by atoms with Crippen LogP contribution in [0.1, 0.15) is 30.3 Å². The van der Waals surface area contributed by atoms with Crippen LogP contribution in [0.15, 0.2) is 40.0 Å². The number of hydrogen-bond donors (Lipinski definition) is 2. The molecule has 25 heavy (non-hydrogen) atoms. The zero-order chi connectivity index (χ0) is 17.8. The highest BCUT2D eigenvalue weighted by Gasteiger charge is 2.26. The Bertz CT molecular complexity index is 803. The number of likely N-dealkylation sites (tertiary alicyclic amines) is 1. The van der Waals surface area contributed by atoms with Crippen molar-refractivity contribution in [3.63, 3.8) is 0 Å². The molecule has 1 aliphatic rings. The van der Waals surface area contributed by atoms with Gasteiger partial charge in [0.05, 0.1) is 5.69 Å². The summed E-state index contributed by atoms with van der Waals surface area (Å²) >= 11 is 1.67. The molecule has 2 heterocycles. The zero-order valence-corrected chi connectivity index (χ0v) is 15.2. The first kappa shape index (κ1) is 17.5. The summed E-state index contributed by atoms with van der Waals surface area (Å²) in [5.74, 6) is 0.706. The maximum Gasteiger partial charge on any atom is 0.321 e. The van der Waals surface area contributed by atoms with E-state index in [9.17, 15) is 9.59 Å². The Kier molecular flexibility index (Phi) is 5.43. The van der Waals surface area contributed by atoms with Crippen LogP contribution in [0.25, 0.3) is 0 Å². The molecule has 1 aliphatic heterocycles. The standard InChI is InChI=1S/C18H22N4O2S/c1-12-19-16(10-17(23)20-12)13-4-3-9-22(11-13)18(24)21-14-5-7-15(25-2)8-6-14/h5-8,10,13H,3-4,9,11H2,1-2H3,(H,21,24)(H,19,20,23)/t13-/m0/s1. The number of benzene rings is 1. The number of amides is 2. The Labute approximate surface area is 151 Å². The Morgan fingerprint density at radius 2 is 2.12 bits per heavy atom. The van der Waals surface area contributed by atoms with Crippen LogP contribution in [0.4, 0.5) is 10.5 Å². The van der Waals surface area contributed by atoms with Gasteiger partial charge in [-0.1, -0.05) is 0 Å². The molecule has 132 valence electrons. The van der Waals surface area contributed by atoms with Crippen LogP contribution < -0.4 is 10.9 Å². The van der Waals surface area contributed by atoms with E-state index in [0.29, 0.717) is 18.9 Å². The van der Waals surface area contributed by atoms with Gasteiger partial charge in [0.25, 0.3) is 5.56 Å². The molecule has 0 aliphatic carbocycles. The van der Waals surface area contributed by atoms with Crippen molar-refractivity contribution < 1.29 is 4.79 Å². The van der Waals surface area contributed by atoms with E-state index < -0.39 is 0 Å². The molecule has 0 saturated carbocycles. The second kappa shape index (κ2) is 7.74. The van der Waals surface area contributed by atoms with Crippen molar-refractivity contribution in [2.24, 2.45) is 0 Å². The summed E-state index contributed by atoms with van der Waals surface area (Å²) in [7, 11) is 0. The lowest BCUT2D eigenvalue weighted by molar-refractivity contribution is 0.192. The van der Waals surface area contributed by atoms with Crippen LogP contribution in [0, 0.1) is 6.92 Å². The topological polar surface area (TPSA) is 78.1 Å². The maximum absolute atomic E-state index is 12.6. The van der Waals surface area contributed by atoms with Crippen LogP contribution in [0.5, 0.6) is 0 Å². The summed E-state index contributed by atoms with van der Waals surface area (Å²) in [5, 5.41) is 2.95. The average molecular weight is 358 g/mol. The van der Waals surface area contributed by atoms with Crippen LogP contribution in [-0.2, 0) is 0 Å². The molecule has 0 radical (unpaired) electrons. The number of aryl methyl sites for hydroxylation is 1. The maximum atomic E-state index is 12.6. The molecule has 3 rings (SSSR count). The van der Waals surface area contributed by atoms with Gasteiger partial charge in [0.2, 0.25) is 0 Å². The van der Waals surface area contributed by atoms with Crippen LogP contribution in [0.2, 0.25) is 0 Å². The first-order valence-electron chi connectivity index (χ1n) is 8.33. The van der Waals surface area contributed by atoms with Gasteiger partial charge in [0, 0.05) is 35.7 Å².